The highest BCUT2D eigenvalue weighted by molar-refractivity contribution is 7.99. The van der Waals surface area contributed by atoms with Crippen LogP contribution in [0.5, 0.6) is 0 Å². The molecule has 3 rings (SSSR count). The first-order valence-electron chi connectivity index (χ1n) is 9.94. The Bertz CT molecular complexity index is 935. The molecule has 0 radical (unpaired) electrons. The fourth-order valence-electron chi connectivity index (χ4n) is 3.27. The van der Waals surface area contributed by atoms with Gasteiger partial charge in [-0.2, -0.15) is 0 Å². The van der Waals surface area contributed by atoms with Crippen LogP contribution < -0.4 is 5.32 Å². The van der Waals surface area contributed by atoms with E-state index in [1.54, 1.807) is 6.26 Å². The van der Waals surface area contributed by atoms with Crippen molar-refractivity contribution in [2.24, 2.45) is 0 Å². The van der Waals surface area contributed by atoms with Gasteiger partial charge in [-0.05, 0) is 42.0 Å². The molecule has 6 nitrogen and oxygen atoms in total. The lowest BCUT2D eigenvalue weighted by molar-refractivity contribution is -0.113. The fraction of sp³-hybridized carbons (Fsp3) is 0.409. The van der Waals surface area contributed by atoms with Crippen LogP contribution in [0, 0.1) is 0 Å². The predicted octanol–water partition coefficient (Wildman–Crippen LogP) is 5.54. The quantitative estimate of drug-likeness (QED) is 0.492. The fourth-order valence-corrected chi connectivity index (χ4v) is 4.07. The third-order valence-corrected chi connectivity index (χ3v) is 5.71. The number of nitrogens with zero attached hydrogens (tertiary/aromatic N) is 3. The van der Waals surface area contributed by atoms with Crippen LogP contribution in [0.1, 0.15) is 57.6 Å². The molecule has 0 unspecified atom stereocenters. The van der Waals surface area contributed by atoms with Crippen LogP contribution in [0.4, 0.5) is 5.69 Å². The second-order valence-electron chi connectivity index (χ2n) is 7.49. The van der Waals surface area contributed by atoms with Gasteiger partial charge in [0.1, 0.15) is 0 Å². The second-order valence-corrected chi connectivity index (χ2v) is 8.43. The van der Waals surface area contributed by atoms with E-state index in [-0.39, 0.29) is 11.7 Å². The van der Waals surface area contributed by atoms with Crippen molar-refractivity contribution in [3.05, 3.63) is 47.7 Å². The number of amides is 1. The lowest BCUT2D eigenvalue weighted by atomic mass is 9.92. The lowest BCUT2D eigenvalue weighted by Gasteiger charge is -2.20. The molecule has 3 aromatic rings. The molecule has 1 amide bonds. The zero-order valence-electron chi connectivity index (χ0n) is 17.6. The summed E-state index contributed by atoms with van der Waals surface area (Å²) < 4.78 is 7.40. The molecule has 0 fully saturated rings. The summed E-state index contributed by atoms with van der Waals surface area (Å²) in [5.74, 6) is 2.22. The van der Waals surface area contributed by atoms with E-state index >= 15 is 0 Å². The summed E-state index contributed by atoms with van der Waals surface area (Å²) in [6, 6.07) is 9.91. The van der Waals surface area contributed by atoms with Gasteiger partial charge >= 0.3 is 0 Å². The van der Waals surface area contributed by atoms with Crippen molar-refractivity contribution in [1.82, 2.24) is 14.8 Å². The van der Waals surface area contributed by atoms with E-state index in [9.17, 15) is 4.79 Å². The Morgan fingerprint density at radius 2 is 1.79 bits per heavy atom. The van der Waals surface area contributed by atoms with E-state index in [1.165, 1.54) is 11.8 Å². The van der Waals surface area contributed by atoms with Gasteiger partial charge in [0.15, 0.2) is 16.7 Å². The van der Waals surface area contributed by atoms with Crippen LogP contribution in [0.25, 0.3) is 11.6 Å². The molecule has 0 bridgehead atoms. The van der Waals surface area contributed by atoms with Gasteiger partial charge in [0.25, 0.3) is 0 Å². The summed E-state index contributed by atoms with van der Waals surface area (Å²) in [4.78, 5) is 12.8. The number of hydrogen-bond donors (Lipinski definition) is 1. The minimum atomic E-state index is -0.0461. The molecule has 2 aromatic heterocycles. The minimum absolute atomic E-state index is 0.0461. The Balaban J connectivity index is 1.75. The second kappa shape index (κ2) is 9.31. The molecule has 0 atom stereocenters. The first-order valence-corrected chi connectivity index (χ1v) is 10.9. The Morgan fingerprint density at radius 1 is 1.10 bits per heavy atom. The van der Waals surface area contributed by atoms with E-state index in [0.29, 0.717) is 35.1 Å². The van der Waals surface area contributed by atoms with E-state index in [4.69, 9.17) is 4.42 Å². The van der Waals surface area contributed by atoms with Crippen LogP contribution in [0.3, 0.4) is 0 Å². The summed E-state index contributed by atoms with van der Waals surface area (Å²) in [6.45, 7) is 11.3. The number of nitrogens with one attached hydrogen (secondary N) is 1. The Labute approximate surface area is 176 Å². The number of thioether (sulfide) groups is 1. The third kappa shape index (κ3) is 4.72. The average molecular weight is 413 g/mol. The minimum Gasteiger partial charge on any atom is -0.461 e. The highest BCUT2D eigenvalue weighted by Gasteiger charge is 2.18. The smallest absolute Gasteiger partial charge is 0.234 e. The monoisotopic (exact) mass is 412 g/mol. The maximum Gasteiger partial charge on any atom is 0.234 e. The molecule has 0 aliphatic carbocycles. The number of carbonyl (C=O) groups is 1. The summed E-state index contributed by atoms with van der Waals surface area (Å²) in [6.07, 6.45) is 1.61. The highest BCUT2D eigenvalue weighted by Crippen LogP contribution is 2.32. The first-order chi connectivity index (χ1) is 13.9. The average Bonchev–Trinajstić information content (AvgIpc) is 3.35. The number of anilines is 1. The van der Waals surface area contributed by atoms with Gasteiger partial charge < -0.3 is 9.73 Å². The molecular weight excluding hydrogens is 384 g/mol. The largest absolute Gasteiger partial charge is 0.461 e. The van der Waals surface area contributed by atoms with Crippen LogP contribution in [0.15, 0.2) is 46.2 Å². The highest BCUT2D eigenvalue weighted by atomic mass is 32.2. The molecule has 29 heavy (non-hydrogen) atoms. The molecule has 0 saturated heterocycles. The Morgan fingerprint density at radius 3 is 2.34 bits per heavy atom. The number of rotatable bonds is 8. The van der Waals surface area contributed by atoms with Gasteiger partial charge in [-0.25, -0.2) is 0 Å². The number of furan rings is 1. The van der Waals surface area contributed by atoms with Crippen LogP contribution in [-0.2, 0) is 11.3 Å². The standard InChI is InChI=1S/C22H28N4O2S/c1-6-26-21(18-11-8-12-28-18)24-25-22(26)29-13-19(27)23-20-16(14(2)3)9-7-10-17(20)15(4)5/h7-12,14-15H,6,13H2,1-5H3,(H,23,27). The van der Waals surface area contributed by atoms with Gasteiger partial charge in [-0.3, -0.25) is 9.36 Å². The van der Waals surface area contributed by atoms with E-state index in [1.807, 2.05) is 23.6 Å². The van der Waals surface area contributed by atoms with Crippen molar-refractivity contribution in [3.63, 3.8) is 0 Å². The van der Waals surface area contributed by atoms with Crippen molar-refractivity contribution < 1.29 is 9.21 Å². The van der Waals surface area contributed by atoms with Gasteiger partial charge in [-0.1, -0.05) is 57.7 Å². The third-order valence-electron chi connectivity index (χ3n) is 4.74. The number of carbonyl (C=O) groups excluding carboxylic acids is 1. The van der Waals surface area contributed by atoms with Crippen LogP contribution in [0.2, 0.25) is 0 Å². The van der Waals surface area contributed by atoms with Crippen LogP contribution in [-0.4, -0.2) is 26.4 Å². The van der Waals surface area contributed by atoms with Crippen molar-refractivity contribution >= 4 is 23.4 Å². The van der Waals surface area contributed by atoms with Crippen molar-refractivity contribution in [2.45, 2.75) is 58.2 Å². The zero-order valence-corrected chi connectivity index (χ0v) is 18.4. The molecule has 154 valence electrons. The number of aromatic nitrogens is 3. The van der Waals surface area contributed by atoms with Crippen LogP contribution >= 0.6 is 11.8 Å². The predicted molar refractivity (Wildman–Crippen MR) is 117 cm³/mol. The lowest BCUT2D eigenvalue weighted by Crippen LogP contribution is -2.18. The van der Waals surface area contributed by atoms with Crippen molar-refractivity contribution in [2.75, 3.05) is 11.1 Å². The Kier molecular flexibility index (Phi) is 6.79. The molecule has 2 heterocycles. The topological polar surface area (TPSA) is 73.0 Å². The Hall–Kier alpha value is -2.54. The van der Waals surface area contributed by atoms with E-state index in [0.717, 1.165) is 16.8 Å². The van der Waals surface area contributed by atoms with Crippen molar-refractivity contribution in [1.29, 1.82) is 0 Å². The van der Waals surface area contributed by atoms with Crippen molar-refractivity contribution in [3.8, 4) is 11.6 Å². The number of para-hydroxylation sites is 1. The molecule has 0 saturated carbocycles. The molecule has 0 aliphatic rings. The van der Waals surface area contributed by atoms with E-state index < -0.39 is 0 Å². The van der Waals surface area contributed by atoms with Gasteiger partial charge in [0.2, 0.25) is 5.91 Å². The molecular formula is C22H28N4O2S. The molecule has 1 N–H and O–H groups in total. The summed E-state index contributed by atoms with van der Waals surface area (Å²) in [7, 11) is 0. The molecule has 0 spiro atoms. The summed E-state index contributed by atoms with van der Waals surface area (Å²) >= 11 is 1.38. The maximum absolute atomic E-state index is 12.8. The van der Waals surface area contributed by atoms with Gasteiger partial charge in [-0.15, -0.1) is 10.2 Å². The molecule has 1 aromatic carbocycles. The van der Waals surface area contributed by atoms with E-state index in [2.05, 4.69) is 61.4 Å². The number of benzene rings is 1. The SMILES string of the molecule is CCn1c(SCC(=O)Nc2c(C(C)C)cccc2C(C)C)nnc1-c1ccco1. The normalized spacial score (nSPS) is 11.4. The molecule has 7 heteroatoms. The maximum atomic E-state index is 12.8. The summed E-state index contributed by atoms with van der Waals surface area (Å²) in [5, 5.41) is 12.3. The zero-order chi connectivity index (χ0) is 21.0. The first kappa shape index (κ1) is 21.2. The number of hydrogen-bond acceptors (Lipinski definition) is 5. The van der Waals surface area contributed by atoms with Gasteiger partial charge in [0, 0.05) is 12.2 Å². The van der Waals surface area contributed by atoms with Gasteiger partial charge in [0.05, 0.1) is 12.0 Å². The summed E-state index contributed by atoms with van der Waals surface area (Å²) in [5.41, 5.74) is 3.26. The molecule has 0 aliphatic heterocycles.